The fraction of sp³-hybridized carbons (Fsp3) is 0.583. The van der Waals surface area contributed by atoms with Crippen LogP contribution in [-0.2, 0) is 9.53 Å². The van der Waals surface area contributed by atoms with E-state index in [-0.39, 0.29) is 5.91 Å². The fourth-order valence-corrected chi connectivity index (χ4v) is 1.64. The predicted octanol–water partition coefficient (Wildman–Crippen LogP) is 0.989. The Morgan fingerprint density at radius 3 is 2.59 bits per heavy atom. The molecule has 0 bridgehead atoms. The molecule has 0 aliphatic carbocycles. The summed E-state index contributed by atoms with van der Waals surface area (Å²) in [5.74, 6) is 0.0996. The lowest BCUT2D eigenvalue weighted by atomic mass is 10.1. The number of morpholine rings is 1. The fourth-order valence-electron chi connectivity index (χ4n) is 1.64. The van der Waals surface area contributed by atoms with Crippen LogP contribution in [0.25, 0.3) is 0 Å². The van der Waals surface area contributed by atoms with Crippen molar-refractivity contribution in [3.05, 3.63) is 11.6 Å². The molecule has 1 aliphatic heterocycles. The molecule has 0 N–H and O–H groups in total. The molecule has 0 aromatic carbocycles. The molecule has 0 atom stereocenters. The Morgan fingerprint density at radius 1 is 1.29 bits per heavy atom. The van der Waals surface area contributed by atoms with Gasteiger partial charge in [0.15, 0.2) is 0 Å². The van der Waals surface area contributed by atoms with Gasteiger partial charge >= 0.3 is 0 Å². The maximum absolute atomic E-state index is 11.7. The zero-order valence-corrected chi connectivity index (χ0v) is 9.69. The SMILES string of the molecule is N#C/C=C(\C#N)CCCC(=O)N1CCOCC1. The highest BCUT2D eigenvalue weighted by Gasteiger charge is 2.16. The third-order valence-corrected chi connectivity index (χ3v) is 2.58. The molecule has 17 heavy (non-hydrogen) atoms. The molecule has 1 rings (SSSR count). The standard InChI is InChI=1S/C12H15N3O2/c13-5-4-11(10-14)2-1-3-12(16)15-6-8-17-9-7-15/h4H,1-3,6-9H2/b11-4-. The van der Waals surface area contributed by atoms with Crippen molar-refractivity contribution in [2.24, 2.45) is 0 Å². The smallest absolute Gasteiger partial charge is 0.222 e. The highest BCUT2D eigenvalue weighted by atomic mass is 16.5. The van der Waals surface area contributed by atoms with Crippen LogP contribution >= 0.6 is 0 Å². The van der Waals surface area contributed by atoms with Crippen LogP contribution in [0.3, 0.4) is 0 Å². The quantitative estimate of drug-likeness (QED) is 0.678. The Labute approximate surface area is 101 Å². The molecule has 0 radical (unpaired) electrons. The maximum atomic E-state index is 11.7. The summed E-state index contributed by atoms with van der Waals surface area (Å²) in [6.45, 7) is 2.50. The molecule has 0 unspecified atom stereocenters. The Balaban J connectivity index is 2.26. The number of hydrogen-bond donors (Lipinski definition) is 0. The van der Waals surface area contributed by atoms with Crippen LogP contribution in [0.2, 0.25) is 0 Å². The van der Waals surface area contributed by atoms with E-state index in [1.54, 1.807) is 4.90 Å². The summed E-state index contributed by atoms with van der Waals surface area (Å²) in [5.41, 5.74) is 0.433. The van der Waals surface area contributed by atoms with Gasteiger partial charge in [-0.2, -0.15) is 10.5 Å². The van der Waals surface area contributed by atoms with Crippen LogP contribution in [0.1, 0.15) is 19.3 Å². The second kappa shape index (κ2) is 7.43. The van der Waals surface area contributed by atoms with Gasteiger partial charge in [0.2, 0.25) is 5.91 Å². The number of rotatable bonds is 4. The Hall–Kier alpha value is -1.85. The number of hydrogen-bond acceptors (Lipinski definition) is 4. The van der Waals surface area contributed by atoms with Gasteiger partial charge in [0.1, 0.15) is 0 Å². The number of amides is 1. The van der Waals surface area contributed by atoms with Crippen molar-refractivity contribution in [2.45, 2.75) is 19.3 Å². The first kappa shape index (κ1) is 13.2. The van der Waals surface area contributed by atoms with Crippen LogP contribution in [0.4, 0.5) is 0 Å². The molecule has 1 heterocycles. The van der Waals surface area contributed by atoms with Crippen molar-refractivity contribution >= 4 is 5.91 Å². The molecule has 0 spiro atoms. The van der Waals surface area contributed by atoms with Crippen LogP contribution < -0.4 is 0 Å². The maximum Gasteiger partial charge on any atom is 0.222 e. The van der Waals surface area contributed by atoms with Gasteiger partial charge in [-0.05, 0) is 12.8 Å². The molecule has 0 aromatic rings. The molecule has 0 saturated carbocycles. The van der Waals surface area contributed by atoms with Gasteiger partial charge in [-0.3, -0.25) is 4.79 Å². The molecule has 1 amide bonds. The summed E-state index contributed by atoms with van der Waals surface area (Å²) < 4.78 is 5.16. The zero-order valence-electron chi connectivity index (χ0n) is 9.69. The first-order chi connectivity index (χ1) is 8.27. The van der Waals surface area contributed by atoms with Gasteiger partial charge in [-0.25, -0.2) is 0 Å². The van der Waals surface area contributed by atoms with Gasteiger partial charge in [-0.1, -0.05) is 0 Å². The van der Waals surface area contributed by atoms with Crippen molar-refractivity contribution in [2.75, 3.05) is 26.3 Å². The number of nitrogens with zero attached hydrogens (tertiary/aromatic N) is 3. The van der Waals surface area contributed by atoms with Gasteiger partial charge in [0.05, 0.1) is 25.4 Å². The van der Waals surface area contributed by atoms with Crippen molar-refractivity contribution < 1.29 is 9.53 Å². The van der Waals surface area contributed by atoms with Crippen LogP contribution in [-0.4, -0.2) is 37.1 Å². The van der Waals surface area contributed by atoms with E-state index in [4.69, 9.17) is 15.3 Å². The average Bonchev–Trinajstić information content (AvgIpc) is 2.38. The Morgan fingerprint density at radius 2 is 2.00 bits per heavy atom. The normalized spacial score (nSPS) is 16.1. The van der Waals surface area contributed by atoms with Crippen molar-refractivity contribution in [1.29, 1.82) is 10.5 Å². The van der Waals surface area contributed by atoms with Crippen molar-refractivity contribution in [3.8, 4) is 12.1 Å². The van der Waals surface area contributed by atoms with E-state index in [1.165, 1.54) is 6.08 Å². The van der Waals surface area contributed by atoms with E-state index >= 15 is 0 Å². The molecule has 5 nitrogen and oxygen atoms in total. The van der Waals surface area contributed by atoms with Gasteiger partial charge < -0.3 is 9.64 Å². The number of allylic oxidation sites excluding steroid dienone is 2. The summed E-state index contributed by atoms with van der Waals surface area (Å²) in [7, 11) is 0. The number of ether oxygens (including phenoxy) is 1. The molecule has 0 aromatic heterocycles. The third-order valence-electron chi connectivity index (χ3n) is 2.58. The number of nitriles is 2. The summed E-state index contributed by atoms with van der Waals surface area (Å²) in [6, 6.07) is 3.77. The van der Waals surface area contributed by atoms with Gasteiger partial charge in [0.25, 0.3) is 0 Å². The van der Waals surface area contributed by atoms with Crippen LogP contribution in [0.15, 0.2) is 11.6 Å². The van der Waals surface area contributed by atoms with Crippen LogP contribution in [0.5, 0.6) is 0 Å². The summed E-state index contributed by atoms with van der Waals surface area (Å²) in [6.07, 6.45) is 2.75. The average molecular weight is 233 g/mol. The van der Waals surface area contributed by atoms with Gasteiger partial charge in [0, 0.05) is 31.2 Å². The molecule has 5 heteroatoms. The van der Waals surface area contributed by atoms with E-state index in [2.05, 4.69) is 0 Å². The second-order valence-electron chi connectivity index (χ2n) is 3.76. The lowest BCUT2D eigenvalue weighted by molar-refractivity contribution is -0.135. The largest absolute Gasteiger partial charge is 0.378 e. The highest BCUT2D eigenvalue weighted by Crippen LogP contribution is 2.09. The van der Waals surface area contributed by atoms with E-state index in [0.717, 1.165) is 0 Å². The number of carbonyl (C=O) groups excluding carboxylic acids is 1. The first-order valence-corrected chi connectivity index (χ1v) is 5.62. The van der Waals surface area contributed by atoms with E-state index in [1.807, 2.05) is 12.1 Å². The molecule has 1 fully saturated rings. The topological polar surface area (TPSA) is 77.1 Å². The van der Waals surface area contributed by atoms with E-state index in [9.17, 15) is 4.79 Å². The summed E-state index contributed by atoms with van der Waals surface area (Å²) in [5, 5.41) is 17.1. The second-order valence-corrected chi connectivity index (χ2v) is 3.76. The first-order valence-electron chi connectivity index (χ1n) is 5.62. The van der Waals surface area contributed by atoms with Crippen molar-refractivity contribution in [3.63, 3.8) is 0 Å². The van der Waals surface area contributed by atoms with Crippen molar-refractivity contribution in [1.82, 2.24) is 4.90 Å². The molecular formula is C12H15N3O2. The molecular weight excluding hydrogens is 218 g/mol. The molecule has 1 aliphatic rings. The highest BCUT2D eigenvalue weighted by molar-refractivity contribution is 5.76. The minimum absolute atomic E-state index is 0.0996. The lowest BCUT2D eigenvalue weighted by Crippen LogP contribution is -2.40. The minimum Gasteiger partial charge on any atom is -0.378 e. The Bertz CT molecular complexity index is 370. The van der Waals surface area contributed by atoms with Crippen LogP contribution in [0, 0.1) is 22.7 Å². The lowest BCUT2D eigenvalue weighted by Gasteiger charge is -2.26. The zero-order chi connectivity index (χ0) is 12.5. The van der Waals surface area contributed by atoms with Gasteiger partial charge in [-0.15, -0.1) is 0 Å². The predicted molar refractivity (Wildman–Crippen MR) is 60.6 cm³/mol. The number of carbonyl (C=O) groups is 1. The Kier molecular flexibility index (Phi) is 5.77. The summed E-state index contributed by atoms with van der Waals surface area (Å²) in [4.78, 5) is 13.5. The summed E-state index contributed by atoms with van der Waals surface area (Å²) >= 11 is 0. The van der Waals surface area contributed by atoms with E-state index < -0.39 is 0 Å². The minimum atomic E-state index is 0.0996. The van der Waals surface area contributed by atoms with E-state index in [0.29, 0.717) is 51.1 Å². The monoisotopic (exact) mass is 233 g/mol. The molecule has 1 saturated heterocycles. The molecule has 90 valence electrons. The third kappa shape index (κ3) is 4.67.